The second-order valence-corrected chi connectivity index (χ2v) is 4.93. The molecule has 1 aromatic heterocycles. The lowest BCUT2D eigenvalue weighted by Gasteiger charge is -2.11. The van der Waals surface area contributed by atoms with E-state index in [1.54, 1.807) is 19.2 Å². The third-order valence-electron chi connectivity index (χ3n) is 3.25. The minimum Gasteiger partial charge on any atom is -0.475 e. The van der Waals surface area contributed by atoms with Crippen LogP contribution in [-0.4, -0.2) is 50.5 Å². The van der Waals surface area contributed by atoms with E-state index in [0.717, 1.165) is 25.9 Å². The Hall–Kier alpha value is -1.66. The number of aromatic nitrogens is 1. The van der Waals surface area contributed by atoms with Crippen molar-refractivity contribution < 1.29 is 19.0 Å². The highest BCUT2D eigenvalue weighted by molar-refractivity contribution is 5.93. The predicted molar refractivity (Wildman–Crippen MR) is 77.5 cm³/mol. The predicted octanol–water partition coefficient (Wildman–Crippen LogP) is 1.41. The number of hydrogen-bond acceptors (Lipinski definition) is 5. The zero-order chi connectivity index (χ0) is 14.9. The first-order valence-corrected chi connectivity index (χ1v) is 7.27. The topological polar surface area (TPSA) is 69.7 Å². The summed E-state index contributed by atoms with van der Waals surface area (Å²) < 4.78 is 16.0. The van der Waals surface area contributed by atoms with E-state index < -0.39 is 0 Å². The fourth-order valence-electron chi connectivity index (χ4n) is 2.07. The average Bonchev–Trinajstić information content (AvgIpc) is 3.03. The summed E-state index contributed by atoms with van der Waals surface area (Å²) in [6.07, 6.45) is 4.59. The second-order valence-electron chi connectivity index (χ2n) is 4.93. The monoisotopic (exact) mass is 294 g/mol. The highest BCUT2D eigenvalue weighted by Gasteiger charge is 2.16. The zero-order valence-electron chi connectivity index (χ0n) is 12.3. The van der Waals surface area contributed by atoms with Gasteiger partial charge in [-0.1, -0.05) is 0 Å². The van der Waals surface area contributed by atoms with Crippen molar-refractivity contribution in [3.8, 4) is 5.88 Å². The maximum atomic E-state index is 11.8. The van der Waals surface area contributed by atoms with Crippen molar-refractivity contribution in [3.63, 3.8) is 0 Å². The van der Waals surface area contributed by atoms with E-state index in [1.165, 1.54) is 6.20 Å². The molecule has 1 aliphatic heterocycles. The van der Waals surface area contributed by atoms with Crippen LogP contribution < -0.4 is 10.1 Å². The largest absolute Gasteiger partial charge is 0.475 e. The summed E-state index contributed by atoms with van der Waals surface area (Å²) in [6.45, 7) is 2.54. The summed E-state index contributed by atoms with van der Waals surface area (Å²) >= 11 is 0. The summed E-state index contributed by atoms with van der Waals surface area (Å²) in [7, 11) is 1.64. The van der Waals surface area contributed by atoms with Gasteiger partial charge in [-0.15, -0.1) is 0 Å². The van der Waals surface area contributed by atoms with Gasteiger partial charge in [0.25, 0.3) is 5.91 Å². The van der Waals surface area contributed by atoms with Gasteiger partial charge in [0.1, 0.15) is 6.61 Å². The van der Waals surface area contributed by atoms with Crippen molar-refractivity contribution in [2.24, 2.45) is 0 Å². The quantitative estimate of drug-likeness (QED) is 0.734. The van der Waals surface area contributed by atoms with Crippen LogP contribution in [0.3, 0.4) is 0 Å². The molecule has 0 aromatic carbocycles. The Kier molecular flexibility index (Phi) is 6.43. The van der Waals surface area contributed by atoms with E-state index in [9.17, 15) is 4.79 Å². The number of methoxy groups -OCH3 is 1. The third kappa shape index (κ3) is 5.32. The molecule has 21 heavy (non-hydrogen) atoms. The lowest BCUT2D eigenvalue weighted by molar-refractivity contribution is 0.0663. The van der Waals surface area contributed by atoms with Crippen LogP contribution in [0.15, 0.2) is 18.3 Å². The summed E-state index contributed by atoms with van der Waals surface area (Å²) in [5, 5.41) is 2.81. The molecule has 1 amide bonds. The molecule has 6 heteroatoms. The van der Waals surface area contributed by atoms with Gasteiger partial charge < -0.3 is 19.5 Å². The van der Waals surface area contributed by atoms with Crippen molar-refractivity contribution in [2.45, 2.75) is 25.4 Å². The van der Waals surface area contributed by atoms with Gasteiger partial charge in [-0.25, -0.2) is 4.98 Å². The van der Waals surface area contributed by atoms with E-state index in [1.807, 2.05) is 0 Å². The molecule has 1 aromatic rings. The first-order chi connectivity index (χ1) is 10.3. The van der Waals surface area contributed by atoms with Gasteiger partial charge in [0.15, 0.2) is 0 Å². The summed E-state index contributed by atoms with van der Waals surface area (Å²) in [5.74, 6) is 0.380. The maximum absolute atomic E-state index is 11.8. The highest BCUT2D eigenvalue weighted by Crippen LogP contribution is 2.14. The molecule has 0 bridgehead atoms. The van der Waals surface area contributed by atoms with Crippen LogP contribution in [0.4, 0.5) is 0 Å². The fraction of sp³-hybridized carbons (Fsp3) is 0.600. The number of rotatable bonds is 8. The molecule has 0 saturated carbocycles. The molecular formula is C15H22N2O4. The number of ether oxygens (including phenoxy) is 3. The molecule has 2 rings (SSSR count). The molecule has 6 nitrogen and oxygen atoms in total. The minimum atomic E-state index is -0.135. The van der Waals surface area contributed by atoms with Crippen molar-refractivity contribution in [3.05, 3.63) is 23.9 Å². The molecule has 0 spiro atoms. The molecule has 1 fully saturated rings. The van der Waals surface area contributed by atoms with Crippen molar-refractivity contribution in [1.82, 2.24) is 10.3 Å². The van der Waals surface area contributed by atoms with E-state index in [2.05, 4.69) is 10.3 Å². The average molecular weight is 294 g/mol. The Balaban J connectivity index is 1.73. The standard InChI is InChI=1S/C15H22N2O4/c1-19-8-3-7-16-15(18)12-5-6-14(17-10-12)21-11-13-4-2-9-20-13/h5-6,10,13H,2-4,7-9,11H2,1H3,(H,16,18)/t13-/m1/s1. The molecule has 1 atom stereocenters. The Bertz CT molecular complexity index is 430. The number of pyridine rings is 1. The van der Waals surface area contributed by atoms with Crippen LogP contribution in [0.5, 0.6) is 5.88 Å². The van der Waals surface area contributed by atoms with E-state index >= 15 is 0 Å². The molecule has 1 aliphatic rings. The van der Waals surface area contributed by atoms with Crippen LogP contribution in [-0.2, 0) is 9.47 Å². The molecule has 116 valence electrons. The van der Waals surface area contributed by atoms with Gasteiger partial charge in [-0.3, -0.25) is 4.79 Å². The number of carbonyl (C=O) groups is 1. The highest BCUT2D eigenvalue weighted by atomic mass is 16.5. The van der Waals surface area contributed by atoms with Crippen molar-refractivity contribution in [2.75, 3.05) is 33.5 Å². The second kappa shape index (κ2) is 8.59. The number of nitrogens with zero attached hydrogens (tertiary/aromatic N) is 1. The molecule has 2 heterocycles. The fourth-order valence-corrected chi connectivity index (χ4v) is 2.07. The van der Waals surface area contributed by atoms with E-state index in [-0.39, 0.29) is 12.0 Å². The Labute approximate surface area is 124 Å². The molecular weight excluding hydrogens is 272 g/mol. The normalized spacial score (nSPS) is 17.7. The van der Waals surface area contributed by atoms with Crippen LogP contribution in [0, 0.1) is 0 Å². The van der Waals surface area contributed by atoms with Gasteiger partial charge in [-0.05, 0) is 25.3 Å². The van der Waals surface area contributed by atoms with Crippen LogP contribution >= 0.6 is 0 Å². The van der Waals surface area contributed by atoms with Crippen molar-refractivity contribution in [1.29, 1.82) is 0 Å². The Morgan fingerprint density at radius 2 is 2.43 bits per heavy atom. The maximum Gasteiger partial charge on any atom is 0.252 e. The Morgan fingerprint density at radius 3 is 3.10 bits per heavy atom. The molecule has 0 radical (unpaired) electrons. The summed E-state index contributed by atoms with van der Waals surface area (Å²) in [5.41, 5.74) is 0.525. The van der Waals surface area contributed by atoms with Crippen LogP contribution in [0.25, 0.3) is 0 Å². The molecule has 1 N–H and O–H groups in total. The Morgan fingerprint density at radius 1 is 1.52 bits per heavy atom. The van der Waals surface area contributed by atoms with E-state index in [4.69, 9.17) is 14.2 Å². The van der Waals surface area contributed by atoms with Crippen LogP contribution in [0.2, 0.25) is 0 Å². The van der Waals surface area contributed by atoms with Gasteiger partial charge in [0, 0.05) is 39.1 Å². The number of amides is 1. The lowest BCUT2D eigenvalue weighted by atomic mass is 10.2. The minimum absolute atomic E-state index is 0.135. The van der Waals surface area contributed by atoms with E-state index in [0.29, 0.717) is 31.2 Å². The first kappa shape index (κ1) is 15.7. The summed E-state index contributed by atoms with van der Waals surface area (Å²) in [6, 6.07) is 3.42. The molecule has 0 aliphatic carbocycles. The van der Waals surface area contributed by atoms with Gasteiger partial charge in [0.2, 0.25) is 5.88 Å². The lowest BCUT2D eigenvalue weighted by Crippen LogP contribution is -2.25. The molecule has 0 unspecified atom stereocenters. The van der Waals surface area contributed by atoms with Crippen molar-refractivity contribution >= 4 is 5.91 Å². The smallest absolute Gasteiger partial charge is 0.252 e. The first-order valence-electron chi connectivity index (χ1n) is 7.27. The SMILES string of the molecule is COCCCNC(=O)c1ccc(OC[C@H]2CCCO2)nc1. The number of hydrogen-bond donors (Lipinski definition) is 1. The zero-order valence-corrected chi connectivity index (χ0v) is 12.3. The number of carbonyl (C=O) groups excluding carboxylic acids is 1. The summed E-state index contributed by atoms with van der Waals surface area (Å²) in [4.78, 5) is 16.0. The van der Waals surface area contributed by atoms with Gasteiger partial charge >= 0.3 is 0 Å². The van der Waals surface area contributed by atoms with Gasteiger partial charge in [-0.2, -0.15) is 0 Å². The van der Waals surface area contributed by atoms with Crippen LogP contribution in [0.1, 0.15) is 29.6 Å². The molecule has 1 saturated heterocycles. The van der Waals surface area contributed by atoms with Gasteiger partial charge in [0.05, 0.1) is 11.7 Å². The number of nitrogens with one attached hydrogen (secondary N) is 1. The third-order valence-corrected chi connectivity index (χ3v) is 3.25.